The third-order valence-electron chi connectivity index (χ3n) is 18.2. The summed E-state index contributed by atoms with van der Waals surface area (Å²) in [6.07, 6.45) is 33.6. The number of unbranched alkanes of at least 4 members (excludes halogenated alkanes) is 6. The Balaban J connectivity index is 0.527. The van der Waals surface area contributed by atoms with Crippen LogP contribution in [0.3, 0.4) is 0 Å². The molecular weight excluding hydrogens is 1020 g/mol. The quantitative estimate of drug-likeness (QED) is 0.0575. The maximum atomic E-state index is 2.57. The molecule has 4 aliphatic carbocycles. The van der Waals surface area contributed by atoms with Crippen molar-refractivity contribution in [2.75, 3.05) is 0 Å². The Labute approximate surface area is 480 Å². The number of benzene rings is 6. The fourth-order valence-corrected chi connectivity index (χ4v) is 19.8. The van der Waals surface area contributed by atoms with Crippen LogP contribution in [0, 0.1) is 0 Å². The molecule has 0 N–H and O–H groups in total. The number of hydrogen-bond donors (Lipinski definition) is 0. The minimum atomic E-state index is 0.541. The van der Waals surface area contributed by atoms with Gasteiger partial charge >= 0.3 is 0 Å². The normalized spacial score (nSPS) is 19.3. The molecule has 4 heterocycles. The van der Waals surface area contributed by atoms with Crippen LogP contribution in [0.5, 0.6) is 0 Å². The van der Waals surface area contributed by atoms with E-state index in [1.807, 2.05) is 0 Å². The smallest absolute Gasteiger partial charge is 0.0387 e. The fraction of sp³-hybridized carbons (Fsp3) is 0.324. The highest BCUT2D eigenvalue weighted by Gasteiger charge is 2.46. The summed E-state index contributed by atoms with van der Waals surface area (Å²) in [5.41, 5.74) is 18.3. The van der Waals surface area contributed by atoms with Gasteiger partial charge in [-0.1, -0.05) is 177 Å². The largest absolute Gasteiger partial charge is 0.144 e. The van der Waals surface area contributed by atoms with E-state index in [2.05, 4.69) is 222 Å². The van der Waals surface area contributed by atoms with Gasteiger partial charge in [0.05, 0.1) is 0 Å². The summed E-state index contributed by atoms with van der Waals surface area (Å²) in [4.78, 5) is 8.02. The van der Waals surface area contributed by atoms with Crippen LogP contribution in [-0.2, 0) is 44.9 Å². The standard InChI is InChI=1S/C74H72S4/c1-5-20-49(21-6-1)24-9-3-11-31-58-45-54-36-40-63-67(71(54)75-58)64-41-37-55-46-59(76-72(55)68(63)64)32-12-4-10-26-51-27-19-30-53(44-51)62-35-18-15-29-52(62)28-14-17-34-61-48-57-39-43-66-69-65(70(66)74(57)78-61)42-38-56-47-60(77-73(56)69)33-16-13-25-50-22-7-2-8-23-50/h1-2,5-8,15,18-23,27,29-30,35-47,61,63,66-67,70H,3-4,9-14,16-17,24-26,28,31-34,48H2. The second-order valence-corrected chi connectivity index (χ2v) is 28.2. The first-order valence-electron chi connectivity index (χ1n) is 29.9. The van der Waals surface area contributed by atoms with Crippen LogP contribution < -0.4 is 0 Å². The van der Waals surface area contributed by atoms with Gasteiger partial charge in [0.25, 0.3) is 0 Å². The number of hydrogen-bond acceptors (Lipinski definition) is 4. The Kier molecular flexibility index (Phi) is 14.9. The van der Waals surface area contributed by atoms with Gasteiger partial charge in [-0.3, -0.25) is 0 Å². The minimum absolute atomic E-state index is 0.541. The van der Waals surface area contributed by atoms with Gasteiger partial charge in [0, 0.05) is 57.8 Å². The van der Waals surface area contributed by atoms with Crippen molar-refractivity contribution in [1.29, 1.82) is 0 Å². The molecule has 0 radical (unpaired) electrons. The van der Waals surface area contributed by atoms with E-state index in [1.165, 1.54) is 159 Å². The second-order valence-electron chi connectivity index (χ2n) is 23.4. The molecule has 0 spiro atoms. The van der Waals surface area contributed by atoms with E-state index in [1.54, 1.807) is 61.6 Å². The number of allylic oxidation sites excluding steroid dienone is 5. The van der Waals surface area contributed by atoms with Gasteiger partial charge in [-0.15, -0.1) is 45.8 Å². The molecule has 0 saturated carbocycles. The highest BCUT2D eigenvalue weighted by Crippen LogP contribution is 2.63. The van der Waals surface area contributed by atoms with Gasteiger partial charge < -0.3 is 0 Å². The van der Waals surface area contributed by atoms with Crippen molar-refractivity contribution in [3.8, 4) is 11.1 Å². The summed E-state index contributed by atoms with van der Waals surface area (Å²) in [6.45, 7) is 0. The molecule has 5 aliphatic rings. The zero-order valence-corrected chi connectivity index (χ0v) is 48.5. The lowest BCUT2D eigenvalue weighted by Gasteiger charge is -2.41. The SMILES string of the molecule is C1=CC2c3c(ccc4cc(CCCCc5ccccc5)sc34)C2C2=C1CC(CCCCc1ccccc1-c1cccc(CCCCCc3cc4ccc5c(c4s3)C3C=Cc4cc(CCCCCc6ccccc6)sc4C53)c1)S2. The molecule has 5 atom stereocenters. The zero-order valence-electron chi connectivity index (χ0n) is 45.2. The van der Waals surface area contributed by atoms with E-state index in [4.69, 9.17) is 0 Å². The van der Waals surface area contributed by atoms with Crippen molar-refractivity contribution < 1.29 is 0 Å². The zero-order chi connectivity index (χ0) is 51.8. The van der Waals surface area contributed by atoms with Gasteiger partial charge in [0.15, 0.2) is 0 Å². The van der Waals surface area contributed by atoms with E-state index in [9.17, 15) is 0 Å². The van der Waals surface area contributed by atoms with Gasteiger partial charge in [-0.2, -0.15) is 0 Å². The molecule has 14 rings (SSSR count). The van der Waals surface area contributed by atoms with Crippen molar-refractivity contribution in [1.82, 2.24) is 0 Å². The molecule has 3 aromatic heterocycles. The van der Waals surface area contributed by atoms with Crippen LogP contribution in [-0.4, -0.2) is 5.25 Å². The van der Waals surface area contributed by atoms with Crippen LogP contribution in [0.25, 0.3) is 37.4 Å². The third kappa shape index (κ3) is 10.3. The van der Waals surface area contributed by atoms with Crippen molar-refractivity contribution >= 4 is 72.0 Å². The van der Waals surface area contributed by atoms with Crippen molar-refractivity contribution in [2.24, 2.45) is 0 Å². The summed E-state index contributed by atoms with van der Waals surface area (Å²) in [7, 11) is 0. The summed E-state index contributed by atoms with van der Waals surface area (Å²) >= 11 is 8.50. The number of aryl methyl sites for hydroxylation is 7. The lowest BCUT2D eigenvalue weighted by Crippen LogP contribution is -2.25. The number of thioether (sulfide) groups is 1. The molecule has 9 aromatic rings. The lowest BCUT2D eigenvalue weighted by molar-refractivity contribution is 0.629. The Morgan fingerprint density at radius 2 is 0.987 bits per heavy atom. The van der Waals surface area contributed by atoms with Crippen molar-refractivity contribution in [2.45, 2.75) is 151 Å². The predicted molar refractivity (Wildman–Crippen MR) is 341 cm³/mol. The first-order valence-corrected chi connectivity index (χ1v) is 33.2. The average Bonchev–Trinajstić information content (AvgIpc) is 4.43. The third-order valence-corrected chi connectivity index (χ3v) is 23.5. The van der Waals surface area contributed by atoms with Crippen LogP contribution >= 0.6 is 45.8 Å². The Bertz CT molecular complexity index is 3690. The van der Waals surface area contributed by atoms with Gasteiger partial charge in [0.2, 0.25) is 0 Å². The average molecular weight is 1090 g/mol. The number of thiophene rings is 3. The van der Waals surface area contributed by atoms with E-state index >= 15 is 0 Å². The molecule has 0 saturated heterocycles. The maximum Gasteiger partial charge on any atom is 0.0387 e. The van der Waals surface area contributed by atoms with E-state index in [0.29, 0.717) is 28.9 Å². The Morgan fingerprint density at radius 3 is 1.71 bits per heavy atom. The molecule has 0 fully saturated rings. The highest BCUT2D eigenvalue weighted by atomic mass is 32.2. The van der Waals surface area contributed by atoms with Crippen LogP contribution in [0.15, 0.2) is 180 Å². The topological polar surface area (TPSA) is 0 Å². The molecule has 4 heteroatoms. The summed E-state index contributed by atoms with van der Waals surface area (Å²) in [5.74, 6) is 2.25. The van der Waals surface area contributed by atoms with Crippen molar-refractivity contribution in [3.63, 3.8) is 0 Å². The van der Waals surface area contributed by atoms with Gasteiger partial charge in [0.1, 0.15) is 0 Å². The van der Waals surface area contributed by atoms with Crippen LogP contribution in [0.2, 0.25) is 0 Å². The second kappa shape index (κ2) is 22.9. The van der Waals surface area contributed by atoms with Gasteiger partial charge in [-0.05, 0) is 203 Å². The van der Waals surface area contributed by atoms with Crippen LogP contribution in [0.1, 0.15) is 170 Å². The molecule has 392 valence electrons. The molecular formula is C74H72S4. The van der Waals surface area contributed by atoms with Gasteiger partial charge in [-0.25, -0.2) is 0 Å². The van der Waals surface area contributed by atoms with Crippen LogP contribution in [0.4, 0.5) is 0 Å². The fourth-order valence-electron chi connectivity index (χ4n) is 14.2. The monoisotopic (exact) mass is 1090 g/mol. The Hall–Kier alpha value is -5.49. The summed E-state index contributed by atoms with van der Waals surface area (Å²) < 4.78 is 3.12. The predicted octanol–water partition coefficient (Wildman–Crippen LogP) is 21.5. The first kappa shape index (κ1) is 50.7. The molecule has 6 aromatic carbocycles. The Morgan fingerprint density at radius 1 is 0.423 bits per heavy atom. The van der Waals surface area contributed by atoms with E-state index in [-0.39, 0.29) is 0 Å². The molecule has 0 amide bonds. The molecule has 0 bridgehead atoms. The number of fused-ring (bicyclic) bond motifs is 15. The molecule has 5 unspecified atom stereocenters. The van der Waals surface area contributed by atoms with Crippen molar-refractivity contribution in [3.05, 3.63) is 250 Å². The maximum absolute atomic E-state index is 2.57. The minimum Gasteiger partial charge on any atom is -0.144 e. The lowest BCUT2D eigenvalue weighted by atomic mass is 9.64. The highest BCUT2D eigenvalue weighted by molar-refractivity contribution is 8.04. The summed E-state index contributed by atoms with van der Waals surface area (Å²) in [5, 5.41) is 3.64. The molecule has 1 aliphatic heterocycles. The first-order chi connectivity index (χ1) is 38.6. The number of rotatable bonds is 23. The summed E-state index contributed by atoms with van der Waals surface area (Å²) in [6, 6.07) is 58.0. The molecule has 78 heavy (non-hydrogen) atoms. The van der Waals surface area contributed by atoms with E-state index < -0.39 is 0 Å². The van der Waals surface area contributed by atoms with E-state index in [0.717, 1.165) is 12.8 Å². The molecule has 0 nitrogen and oxygen atoms in total.